The number of morpholine rings is 1. The minimum Gasteiger partial charge on any atom is -0.378 e. The van der Waals surface area contributed by atoms with Crippen LogP contribution >= 0.6 is 0 Å². The molecule has 0 aliphatic carbocycles. The smallest absolute Gasteiger partial charge is 0.242 e. The van der Waals surface area contributed by atoms with Crippen molar-refractivity contribution in [3.8, 4) is 11.3 Å². The van der Waals surface area contributed by atoms with Gasteiger partial charge >= 0.3 is 0 Å². The largest absolute Gasteiger partial charge is 0.378 e. The highest BCUT2D eigenvalue weighted by atomic mass is 16.5. The van der Waals surface area contributed by atoms with E-state index in [-0.39, 0.29) is 17.4 Å². The molecule has 0 radical (unpaired) electrons. The molecule has 2 aromatic heterocycles. The summed E-state index contributed by atoms with van der Waals surface area (Å²) in [6, 6.07) is 0. The van der Waals surface area contributed by atoms with Crippen molar-refractivity contribution in [3.05, 3.63) is 18.0 Å². The Morgan fingerprint density at radius 3 is 2.47 bits per heavy atom. The second-order valence-corrected chi connectivity index (χ2v) is 10.9. The minimum absolute atomic E-state index is 0.159. The molecule has 0 saturated carbocycles. The van der Waals surface area contributed by atoms with Gasteiger partial charge in [-0.15, -0.1) is 0 Å². The average molecular weight is 496 g/mol. The lowest BCUT2D eigenvalue weighted by molar-refractivity contribution is -0.140. The van der Waals surface area contributed by atoms with E-state index in [0.717, 1.165) is 61.7 Å². The Balaban J connectivity index is 1.51. The van der Waals surface area contributed by atoms with Crippen LogP contribution in [0.25, 0.3) is 11.3 Å². The number of likely N-dealkylation sites (N-methyl/N-ethyl adjacent to an activating group) is 1. The number of anilines is 3. The van der Waals surface area contributed by atoms with E-state index in [4.69, 9.17) is 20.4 Å². The summed E-state index contributed by atoms with van der Waals surface area (Å²) in [6.07, 6.45) is 5.18. The SMILES string of the molecule is CN(C)C(C)(C)C(=O)N1CC[C@](C)(N2CCc3c(-c4cnc(N)nc4)nc(N4CCOCC4)nc32)C1. The van der Waals surface area contributed by atoms with Crippen LogP contribution in [0, 0.1) is 0 Å². The Morgan fingerprint density at radius 1 is 1.11 bits per heavy atom. The summed E-state index contributed by atoms with van der Waals surface area (Å²) in [7, 11) is 3.91. The Labute approximate surface area is 212 Å². The standard InChI is InChI=1S/C25H37N9O2/c1-24(2,31(4)5)21(35)33-9-7-25(3,16-33)34-8-6-18-19(17-14-27-22(26)28-15-17)29-23(30-20(18)34)32-10-12-36-13-11-32/h14-15H,6-13,16H2,1-5H3,(H2,26,27,28)/t25-/m0/s1. The van der Waals surface area contributed by atoms with Gasteiger partial charge in [0.25, 0.3) is 0 Å². The van der Waals surface area contributed by atoms with Crippen LogP contribution < -0.4 is 15.5 Å². The molecule has 3 aliphatic rings. The summed E-state index contributed by atoms with van der Waals surface area (Å²) < 4.78 is 5.56. The molecule has 0 unspecified atom stereocenters. The molecular weight excluding hydrogens is 458 g/mol. The number of nitrogens with zero attached hydrogens (tertiary/aromatic N) is 8. The summed E-state index contributed by atoms with van der Waals surface area (Å²) >= 11 is 0. The van der Waals surface area contributed by atoms with Gasteiger partial charge in [-0.3, -0.25) is 9.69 Å². The number of hydrogen-bond acceptors (Lipinski definition) is 10. The Kier molecular flexibility index (Phi) is 6.24. The van der Waals surface area contributed by atoms with Crippen molar-refractivity contribution in [2.24, 2.45) is 0 Å². The number of fused-ring (bicyclic) bond motifs is 1. The number of carbonyl (C=O) groups is 1. The van der Waals surface area contributed by atoms with Crippen LogP contribution in [0.1, 0.15) is 32.8 Å². The molecule has 2 aromatic rings. The maximum absolute atomic E-state index is 13.4. The van der Waals surface area contributed by atoms with Crippen molar-refractivity contribution >= 4 is 23.6 Å². The topological polar surface area (TPSA) is 117 Å². The highest BCUT2D eigenvalue weighted by Gasteiger charge is 2.47. The van der Waals surface area contributed by atoms with Gasteiger partial charge in [-0.05, 0) is 47.7 Å². The van der Waals surface area contributed by atoms with Crippen LogP contribution in [-0.4, -0.2) is 107 Å². The summed E-state index contributed by atoms with van der Waals surface area (Å²) in [5.41, 5.74) is 7.77. The van der Waals surface area contributed by atoms with Crippen LogP contribution in [0.15, 0.2) is 12.4 Å². The maximum atomic E-state index is 13.4. The normalized spacial score (nSPS) is 22.4. The number of carbonyl (C=O) groups excluding carboxylic acids is 1. The second kappa shape index (κ2) is 9.11. The third-order valence-electron chi connectivity index (χ3n) is 8.09. The van der Waals surface area contributed by atoms with Gasteiger partial charge in [-0.25, -0.2) is 15.0 Å². The molecule has 5 heterocycles. The number of rotatable bonds is 5. The summed E-state index contributed by atoms with van der Waals surface area (Å²) in [4.78, 5) is 40.5. The third kappa shape index (κ3) is 4.24. The molecule has 5 rings (SSSR count). The fraction of sp³-hybridized carbons (Fsp3) is 0.640. The third-order valence-corrected chi connectivity index (χ3v) is 8.09. The van der Waals surface area contributed by atoms with E-state index >= 15 is 0 Å². The molecule has 2 fully saturated rings. The lowest BCUT2D eigenvalue weighted by Gasteiger charge is -2.39. The summed E-state index contributed by atoms with van der Waals surface area (Å²) in [6.45, 7) is 11.2. The monoisotopic (exact) mass is 495 g/mol. The predicted molar refractivity (Wildman–Crippen MR) is 139 cm³/mol. The Morgan fingerprint density at radius 2 is 1.81 bits per heavy atom. The second-order valence-electron chi connectivity index (χ2n) is 10.9. The number of hydrogen-bond donors (Lipinski definition) is 1. The molecular formula is C25H37N9O2. The highest BCUT2D eigenvalue weighted by Crippen LogP contribution is 2.41. The average Bonchev–Trinajstić information content (AvgIpc) is 3.48. The van der Waals surface area contributed by atoms with E-state index in [1.165, 1.54) is 0 Å². The van der Waals surface area contributed by atoms with Crippen LogP contribution in [0.5, 0.6) is 0 Å². The Bertz CT molecular complexity index is 1130. The van der Waals surface area contributed by atoms with Crippen molar-refractivity contribution in [3.63, 3.8) is 0 Å². The minimum atomic E-state index is -0.553. The quantitative estimate of drug-likeness (QED) is 0.645. The number of likely N-dealkylation sites (tertiary alicyclic amines) is 1. The van der Waals surface area contributed by atoms with Crippen molar-refractivity contribution < 1.29 is 9.53 Å². The van der Waals surface area contributed by atoms with Crippen molar-refractivity contribution in [2.75, 3.05) is 75.6 Å². The lowest BCUT2D eigenvalue weighted by Crippen LogP contribution is -2.55. The number of nitrogens with two attached hydrogens (primary N) is 1. The van der Waals surface area contributed by atoms with Gasteiger partial charge in [0, 0.05) is 56.2 Å². The summed E-state index contributed by atoms with van der Waals surface area (Å²) in [5.74, 6) is 2.04. The molecule has 1 amide bonds. The van der Waals surface area contributed by atoms with Crippen LogP contribution in [-0.2, 0) is 16.0 Å². The van der Waals surface area contributed by atoms with Gasteiger partial charge in [0.1, 0.15) is 5.82 Å². The van der Waals surface area contributed by atoms with E-state index in [0.29, 0.717) is 25.7 Å². The van der Waals surface area contributed by atoms with Gasteiger partial charge in [0.2, 0.25) is 17.8 Å². The molecule has 194 valence electrons. The van der Waals surface area contributed by atoms with Gasteiger partial charge in [0.05, 0.1) is 30.0 Å². The fourth-order valence-corrected chi connectivity index (χ4v) is 5.29. The van der Waals surface area contributed by atoms with Crippen LogP contribution in [0.3, 0.4) is 0 Å². The number of aromatic nitrogens is 4. The van der Waals surface area contributed by atoms with Crippen LogP contribution in [0.4, 0.5) is 17.7 Å². The number of amides is 1. The zero-order chi connectivity index (χ0) is 25.7. The maximum Gasteiger partial charge on any atom is 0.242 e. The molecule has 11 heteroatoms. The van der Waals surface area contributed by atoms with E-state index in [9.17, 15) is 4.79 Å². The molecule has 0 aromatic carbocycles. The molecule has 3 aliphatic heterocycles. The van der Waals surface area contributed by atoms with E-state index in [1.807, 2.05) is 37.7 Å². The molecule has 11 nitrogen and oxygen atoms in total. The zero-order valence-corrected chi connectivity index (χ0v) is 22.0. The van der Waals surface area contributed by atoms with Crippen molar-refractivity contribution in [1.82, 2.24) is 29.7 Å². The van der Waals surface area contributed by atoms with E-state index in [1.54, 1.807) is 12.4 Å². The molecule has 2 saturated heterocycles. The van der Waals surface area contributed by atoms with Gasteiger partial charge in [-0.2, -0.15) is 4.98 Å². The van der Waals surface area contributed by atoms with E-state index in [2.05, 4.69) is 26.7 Å². The van der Waals surface area contributed by atoms with Gasteiger partial charge < -0.3 is 25.2 Å². The number of ether oxygens (including phenoxy) is 1. The van der Waals surface area contributed by atoms with Crippen molar-refractivity contribution in [2.45, 2.75) is 44.7 Å². The predicted octanol–water partition coefficient (Wildman–Crippen LogP) is 1.05. The molecule has 1 atom stereocenters. The first kappa shape index (κ1) is 24.6. The summed E-state index contributed by atoms with van der Waals surface area (Å²) in [5, 5.41) is 0. The van der Waals surface area contributed by atoms with Crippen LogP contribution in [0.2, 0.25) is 0 Å². The molecule has 0 bridgehead atoms. The van der Waals surface area contributed by atoms with Crippen molar-refractivity contribution in [1.29, 1.82) is 0 Å². The van der Waals surface area contributed by atoms with Gasteiger partial charge in [-0.1, -0.05) is 0 Å². The zero-order valence-electron chi connectivity index (χ0n) is 22.0. The Hall–Kier alpha value is -3.05. The molecule has 36 heavy (non-hydrogen) atoms. The van der Waals surface area contributed by atoms with Gasteiger partial charge in [0.15, 0.2) is 0 Å². The fourth-order valence-electron chi connectivity index (χ4n) is 5.29. The number of nitrogen functional groups attached to an aromatic ring is 1. The first-order valence-corrected chi connectivity index (χ1v) is 12.7. The molecule has 2 N–H and O–H groups in total. The molecule has 0 spiro atoms. The first-order valence-electron chi connectivity index (χ1n) is 12.7. The van der Waals surface area contributed by atoms with E-state index < -0.39 is 5.54 Å². The lowest BCUT2D eigenvalue weighted by atomic mass is 9.99. The highest BCUT2D eigenvalue weighted by molar-refractivity contribution is 5.86. The first-order chi connectivity index (χ1) is 17.1.